The average molecular weight is 540 g/mol. The number of rotatable bonds is 7. The molecule has 1 N–H and O–H groups in total. The second kappa shape index (κ2) is 13.9. The monoisotopic (exact) mass is 539 g/mol. The van der Waals surface area contributed by atoms with Crippen LogP contribution in [0.15, 0.2) is 4.99 Å². The van der Waals surface area contributed by atoms with Crippen LogP contribution in [0.2, 0.25) is 0 Å². The van der Waals surface area contributed by atoms with Gasteiger partial charge in [0.15, 0.2) is 5.96 Å². The van der Waals surface area contributed by atoms with Crippen molar-refractivity contribution in [3.63, 3.8) is 0 Å². The Morgan fingerprint density at radius 2 is 1.77 bits per heavy atom. The number of nitrogens with one attached hydrogen (secondary N) is 1. The SMILES string of the molecule is CCCNC(=NCC(=O)N(C)C)N1CCC(CN(CC)C(=O)OC(C)(C)C)CC1.I. The molecule has 0 atom stereocenters. The minimum atomic E-state index is -0.478. The molecule has 30 heavy (non-hydrogen) atoms. The predicted molar refractivity (Wildman–Crippen MR) is 132 cm³/mol. The molecule has 0 aromatic rings. The molecule has 1 heterocycles. The lowest BCUT2D eigenvalue weighted by molar-refractivity contribution is -0.127. The summed E-state index contributed by atoms with van der Waals surface area (Å²) in [5.74, 6) is 1.24. The molecule has 1 aliphatic heterocycles. The van der Waals surface area contributed by atoms with E-state index in [2.05, 4.69) is 22.1 Å². The van der Waals surface area contributed by atoms with Crippen LogP contribution in [-0.4, -0.2) is 91.6 Å². The first kappa shape index (κ1) is 28.7. The topological polar surface area (TPSA) is 77.5 Å². The van der Waals surface area contributed by atoms with Gasteiger partial charge in [0.1, 0.15) is 12.1 Å². The quantitative estimate of drug-likeness (QED) is 0.306. The predicted octanol–water partition coefficient (Wildman–Crippen LogP) is 3.02. The standard InChI is InChI=1S/C21H41N5O3.HI/c1-8-12-22-19(23-15-18(27)24(6)7)26-13-10-17(11-14-26)16-25(9-2)20(28)29-21(3,4)5;/h17H,8-16H2,1-7H3,(H,22,23);1H. The van der Waals surface area contributed by atoms with Crippen molar-refractivity contribution in [1.29, 1.82) is 0 Å². The number of hydrogen-bond donors (Lipinski definition) is 1. The van der Waals surface area contributed by atoms with E-state index in [1.807, 2.05) is 27.7 Å². The number of likely N-dealkylation sites (tertiary alicyclic amines) is 1. The van der Waals surface area contributed by atoms with Crippen LogP contribution in [0, 0.1) is 5.92 Å². The maximum absolute atomic E-state index is 12.4. The summed E-state index contributed by atoms with van der Waals surface area (Å²) in [5.41, 5.74) is -0.478. The van der Waals surface area contributed by atoms with E-state index in [1.54, 1.807) is 23.9 Å². The average Bonchev–Trinajstić information content (AvgIpc) is 2.65. The van der Waals surface area contributed by atoms with Crippen molar-refractivity contribution in [2.75, 3.05) is 53.4 Å². The van der Waals surface area contributed by atoms with Gasteiger partial charge < -0.3 is 24.8 Å². The van der Waals surface area contributed by atoms with Crippen LogP contribution < -0.4 is 5.32 Å². The zero-order valence-electron chi connectivity index (χ0n) is 19.9. The molecule has 0 aromatic carbocycles. The summed E-state index contributed by atoms with van der Waals surface area (Å²) in [6.07, 6.45) is 2.72. The Labute approximate surface area is 199 Å². The number of carbonyl (C=O) groups is 2. The first-order valence-electron chi connectivity index (χ1n) is 10.8. The van der Waals surface area contributed by atoms with Crippen molar-refractivity contribution in [3.8, 4) is 0 Å². The van der Waals surface area contributed by atoms with Crippen molar-refractivity contribution >= 4 is 41.9 Å². The van der Waals surface area contributed by atoms with Crippen molar-refractivity contribution in [3.05, 3.63) is 0 Å². The number of likely N-dealkylation sites (N-methyl/N-ethyl adjacent to an activating group) is 1. The number of aliphatic imine (C=N–C) groups is 1. The van der Waals surface area contributed by atoms with Crippen molar-refractivity contribution in [2.24, 2.45) is 10.9 Å². The minimum absolute atomic E-state index is 0. The fourth-order valence-corrected chi connectivity index (χ4v) is 3.09. The van der Waals surface area contributed by atoms with E-state index in [0.29, 0.717) is 19.0 Å². The third kappa shape index (κ3) is 10.7. The Balaban J connectivity index is 0.00000841. The third-order valence-corrected chi connectivity index (χ3v) is 4.82. The zero-order chi connectivity index (χ0) is 22.0. The number of nitrogens with zero attached hydrogens (tertiary/aromatic N) is 4. The van der Waals surface area contributed by atoms with Gasteiger partial charge in [-0.3, -0.25) is 4.79 Å². The Kier molecular flexibility index (Phi) is 13.3. The molecule has 1 aliphatic rings. The molecule has 0 bridgehead atoms. The summed E-state index contributed by atoms with van der Waals surface area (Å²) in [7, 11) is 3.49. The van der Waals surface area contributed by atoms with Crippen molar-refractivity contribution in [1.82, 2.24) is 20.0 Å². The molecule has 1 rings (SSSR count). The van der Waals surface area contributed by atoms with E-state index in [0.717, 1.165) is 44.9 Å². The normalized spacial score (nSPS) is 15.3. The second-order valence-corrected chi connectivity index (χ2v) is 8.80. The van der Waals surface area contributed by atoms with Crippen molar-refractivity contribution < 1.29 is 14.3 Å². The molecule has 176 valence electrons. The molecule has 8 nitrogen and oxygen atoms in total. The summed E-state index contributed by atoms with van der Waals surface area (Å²) in [4.78, 5) is 34.4. The summed E-state index contributed by atoms with van der Waals surface area (Å²) in [6.45, 7) is 13.8. The Hall–Kier alpha value is -1.26. The molecular formula is C21H42IN5O3. The van der Waals surface area contributed by atoms with Crippen LogP contribution in [0.3, 0.4) is 0 Å². The van der Waals surface area contributed by atoms with Gasteiger partial charge in [-0.15, -0.1) is 24.0 Å². The number of hydrogen-bond acceptors (Lipinski definition) is 4. The minimum Gasteiger partial charge on any atom is -0.444 e. The smallest absolute Gasteiger partial charge is 0.410 e. The van der Waals surface area contributed by atoms with E-state index in [1.165, 1.54) is 0 Å². The van der Waals surface area contributed by atoms with Gasteiger partial charge in [-0.2, -0.15) is 0 Å². The number of halogens is 1. The lowest BCUT2D eigenvalue weighted by atomic mass is 9.96. The summed E-state index contributed by atoms with van der Waals surface area (Å²) < 4.78 is 5.52. The Morgan fingerprint density at radius 1 is 1.17 bits per heavy atom. The molecule has 1 fully saturated rings. The highest BCUT2D eigenvalue weighted by Crippen LogP contribution is 2.20. The van der Waals surface area contributed by atoms with Crippen molar-refractivity contribution in [2.45, 2.75) is 59.5 Å². The molecule has 0 aromatic heterocycles. The van der Waals surface area contributed by atoms with Gasteiger partial charge >= 0.3 is 6.09 Å². The van der Waals surface area contributed by atoms with Crippen LogP contribution in [0.1, 0.15) is 53.9 Å². The van der Waals surface area contributed by atoms with Crippen LogP contribution in [0.5, 0.6) is 0 Å². The summed E-state index contributed by atoms with van der Waals surface area (Å²) in [6, 6.07) is 0. The van der Waals surface area contributed by atoms with E-state index in [-0.39, 0.29) is 42.5 Å². The highest BCUT2D eigenvalue weighted by atomic mass is 127. The fourth-order valence-electron chi connectivity index (χ4n) is 3.09. The van der Waals surface area contributed by atoms with Gasteiger partial charge in [0.05, 0.1) is 0 Å². The van der Waals surface area contributed by atoms with E-state index >= 15 is 0 Å². The lowest BCUT2D eigenvalue weighted by Crippen LogP contribution is -2.48. The molecule has 1 saturated heterocycles. The highest BCUT2D eigenvalue weighted by molar-refractivity contribution is 14.0. The maximum atomic E-state index is 12.4. The molecule has 0 saturated carbocycles. The van der Waals surface area contributed by atoms with Gasteiger partial charge in [-0.05, 0) is 52.9 Å². The first-order chi connectivity index (χ1) is 13.6. The molecule has 0 aliphatic carbocycles. The van der Waals surface area contributed by atoms with Gasteiger partial charge in [-0.25, -0.2) is 9.79 Å². The fraction of sp³-hybridized carbons (Fsp3) is 0.857. The van der Waals surface area contributed by atoms with Crippen LogP contribution >= 0.6 is 24.0 Å². The molecule has 0 spiro atoms. The molecule has 2 amide bonds. The van der Waals surface area contributed by atoms with Gasteiger partial charge in [0.2, 0.25) is 5.91 Å². The zero-order valence-corrected chi connectivity index (χ0v) is 22.2. The largest absolute Gasteiger partial charge is 0.444 e. The molecule has 9 heteroatoms. The Bertz CT molecular complexity index is 555. The van der Waals surface area contributed by atoms with E-state index in [4.69, 9.17) is 4.74 Å². The second-order valence-electron chi connectivity index (χ2n) is 8.80. The number of ether oxygens (including phenoxy) is 1. The summed E-state index contributed by atoms with van der Waals surface area (Å²) in [5, 5.41) is 3.36. The molecule has 0 unspecified atom stereocenters. The Morgan fingerprint density at radius 3 is 2.23 bits per heavy atom. The van der Waals surface area contributed by atoms with Crippen LogP contribution in [0.25, 0.3) is 0 Å². The number of piperidine rings is 1. The van der Waals surface area contributed by atoms with Crippen LogP contribution in [0.4, 0.5) is 4.79 Å². The number of amides is 2. The first-order valence-corrected chi connectivity index (χ1v) is 10.8. The summed E-state index contributed by atoms with van der Waals surface area (Å²) >= 11 is 0. The molecule has 0 radical (unpaired) electrons. The number of carbonyl (C=O) groups excluding carboxylic acids is 2. The number of guanidine groups is 1. The van der Waals surface area contributed by atoms with Crippen LogP contribution in [-0.2, 0) is 9.53 Å². The van der Waals surface area contributed by atoms with Gasteiger partial charge in [0, 0.05) is 46.8 Å². The maximum Gasteiger partial charge on any atom is 0.410 e. The highest BCUT2D eigenvalue weighted by Gasteiger charge is 2.27. The third-order valence-electron chi connectivity index (χ3n) is 4.82. The molecular weight excluding hydrogens is 497 g/mol. The van der Waals surface area contributed by atoms with E-state index in [9.17, 15) is 9.59 Å². The van der Waals surface area contributed by atoms with E-state index < -0.39 is 5.60 Å². The lowest BCUT2D eigenvalue weighted by Gasteiger charge is -2.36. The van der Waals surface area contributed by atoms with Gasteiger partial charge in [-0.1, -0.05) is 6.92 Å². The van der Waals surface area contributed by atoms with Gasteiger partial charge in [0.25, 0.3) is 0 Å².